The molecule has 1 amide bonds. The lowest BCUT2D eigenvalue weighted by Crippen LogP contribution is -2.31. The average Bonchev–Trinajstić information content (AvgIpc) is 2.69. The first kappa shape index (κ1) is 18.5. The van der Waals surface area contributed by atoms with E-state index in [-0.39, 0.29) is 17.8 Å². The monoisotopic (exact) mass is 365 g/mol. The summed E-state index contributed by atoms with van der Waals surface area (Å²) >= 11 is 0. The first-order chi connectivity index (χ1) is 13.0. The predicted molar refractivity (Wildman–Crippen MR) is 101 cm³/mol. The molecule has 0 unspecified atom stereocenters. The van der Waals surface area contributed by atoms with Crippen molar-refractivity contribution in [1.29, 1.82) is 0 Å². The summed E-state index contributed by atoms with van der Waals surface area (Å²) in [5, 5.41) is 2.92. The lowest BCUT2D eigenvalue weighted by atomic mass is 10.2. The van der Waals surface area contributed by atoms with Gasteiger partial charge in [0.05, 0.1) is 0 Å². The maximum atomic E-state index is 13.1. The van der Waals surface area contributed by atoms with Crippen LogP contribution < -0.4 is 10.1 Å². The summed E-state index contributed by atoms with van der Waals surface area (Å²) in [5.74, 6) is 0.792. The van der Waals surface area contributed by atoms with E-state index in [9.17, 15) is 9.18 Å². The summed E-state index contributed by atoms with van der Waals surface area (Å²) < 4.78 is 18.9. The SMILES string of the molecule is CC[C@@H](C)NC(=O)c1cccc(Oc2ccnc(-c3ccc(F)cc3)n2)c1. The predicted octanol–water partition coefficient (Wildman–Crippen LogP) is 4.60. The van der Waals surface area contributed by atoms with E-state index in [1.807, 2.05) is 13.8 Å². The molecule has 0 saturated carbocycles. The minimum Gasteiger partial charge on any atom is -0.439 e. The number of nitrogens with zero attached hydrogens (tertiary/aromatic N) is 2. The Hall–Kier alpha value is -3.28. The number of hydrogen-bond acceptors (Lipinski definition) is 4. The summed E-state index contributed by atoms with van der Waals surface area (Å²) in [6.45, 7) is 3.97. The number of amides is 1. The number of benzene rings is 2. The van der Waals surface area contributed by atoms with Gasteiger partial charge in [-0.05, 0) is 55.8 Å². The zero-order valence-electron chi connectivity index (χ0n) is 15.1. The summed E-state index contributed by atoms with van der Waals surface area (Å²) in [7, 11) is 0. The van der Waals surface area contributed by atoms with Crippen LogP contribution in [0, 0.1) is 5.82 Å². The molecule has 1 aromatic heterocycles. The van der Waals surface area contributed by atoms with Gasteiger partial charge in [0, 0.05) is 29.4 Å². The Morgan fingerprint density at radius 1 is 1.19 bits per heavy atom. The first-order valence-corrected chi connectivity index (χ1v) is 8.73. The van der Waals surface area contributed by atoms with E-state index in [2.05, 4.69) is 15.3 Å². The number of carbonyl (C=O) groups excluding carboxylic acids is 1. The topological polar surface area (TPSA) is 64.1 Å². The molecule has 5 nitrogen and oxygen atoms in total. The van der Waals surface area contributed by atoms with Crippen LogP contribution in [0.5, 0.6) is 11.6 Å². The Morgan fingerprint density at radius 3 is 2.70 bits per heavy atom. The molecule has 2 aromatic carbocycles. The molecule has 0 spiro atoms. The van der Waals surface area contributed by atoms with Crippen molar-refractivity contribution >= 4 is 5.91 Å². The highest BCUT2D eigenvalue weighted by molar-refractivity contribution is 5.94. The van der Waals surface area contributed by atoms with Crippen molar-refractivity contribution in [2.75, 3.05) is 0 Å². The summed E-state index contributed by atoms with van der Waals surface area (Å²) in [6, 6.07) is 14.5. The van der Waals surface area contributed by atoms with Crippen LogP contribution in [0.1, 0.15) is 30.6 Å². The van der Waals surface area contributed by atoms with E-state index in [0.29, 0.717) is 28.6 Å². The maximum absolute atomic E-state index is 13.1. The van der Waals surface area contributed by atoms with E-state index < -0.39 is 0 Å². The normalized spacial score (nSPS) is 11.7. The molecule has 1 N–H and O–H groups in total. The maximum Gasteiger partial charge on any atom is 0.251 e. The van der Waals surface area contributed by atoms with Crippen LogP contribution >= 0.6 is 0 Å². The third-order valence-corrected chi connectivity index (χ3v) is 4.04. The standard InChI is InChI=1S/C21H20FN3O2/c1-3-14(2)24-21(26)16-5-4-6-18(13-16)27-19-11-12-23-20(25-19)15-7-9-17(22)10-8-15/h4-14H,3H2,1-2H3,(H,24,26)/t14-/m1/s1. The number of rotatable bonds is 6. The molecule has 0 radical (unpaired) electrons. The molecule has 138 valence electrons. The fraction of sp³-hybridized carbons (Fsp3) is 0.190. The molecule has 1 atom stereocenters. The van der Waals surface area contributed by atoms with Gasteiger partial charge in [0.15, 0.2) is 5.82 Å². The minimum atomic E-state index is -0.321. The molecule has 0 aliphatic heterocycles. The number of nitrogens with one attached hydrogen (secondary N) is 1. The molecule has 3 rings (SSSR count). The van der Waals surface area contributed by atoms with Gasteiger partial charge >= 0.3 is 0 Å². The Labute approximate surface area is 157 Å². The summed E-state index contributed by atoms with van der Waals surface area (Å²) in [6.07, 6.45) is 2.43. The number of carbonyl (C=O) groups is 1. The van der Waals surface area contributed by atoms with Crippen molar-refractivity contribution in [2.45, 2.75) is 26.3 Å². The molecular formula is C21H20FN3O2. The summed E-state index contributed by atoms with van der Waals surface area (Å²) in [5.41, 5.74) is 1.20. The van der Waals surface area contributed by atoms with Crippen molar-refractivity contribution in [3.8, 4) is 23.0 Å². The lowest BCUT2D eigenvalue weighted by Gasteiger charge is -2.12. The number of ether oxygens (including phenoxy) is 1. The molecule has 1 heterocycles. The lowest BCUT2D eigenvalue weighted by molar-refractivity contribution is 0.0939. The van der Waals surface area contributed by atoms with Crippen LogP contribution in [-0.2, 0) is 0 Å². The first-order valence-electron chi connectivity index (χ1n) is 8.73. The molecule has 3 aromatic rings. The zero-order chi connectivity index (χ0) is 19.2. The van der Waals surface area contributed by atoms with Gasteiger partial charge in [0.2, 0.25) is 5.88 Å². The van der Waals surface area contributed by atoms with Crippen LogP contribution in [0.25, 0.3) is 11.4 Å². The summed E-state index contributed by atoms with van der Waals surface area (Å²) in [4.78, 5) is 20.8. The molecule has 0 aliphatic carbocycles. The van der Waals surface area contributed by atoms with Gasteiger partial charge in [-0.1, -0.05) is 13.0 Å². The molecule has 0 bridgehead atoms. The van der Waals surface area contributed by atoms with E-state index in [4.69, 9.17) is 4.74 Å². The molecule has 0 aliphatic rings. The average molecular weight is 365 g/mol. The van der Waals surface area contributed by atoms with E-state index in [1.54, 1.807) is 48.7 Å². The third-order valence-electron chi connectivity index (χ3n) is 4.04. The van der Waals surface area contributed by atoms with Crippen molar-refractivity contribution in [2.24, 2.45) is 0 Å². The minimum absolute atomic E-state index is 0.0993. The molecular weight excluding hydrogens is 345 g/mol. The van der Waals surface area contributed by atoms with Gasteiger partial charge in [0.25, 0.3) is 5.91 Å². The third kappa shape index (κ3) is 4.88. The van der Waals surface area contributed by atoms with E-state index >= 15 is 0 Å². The number of halogens is 1. The fourth-order valence-corrected chi connectivity index (χ4v) is 2.37. The van der Waals surface area contributed by atoms with Crippen LogP contribution in [0.3, 0.4) is 0 Å². The Kier molecular flexibility index (Phi) is 5.76. The Morgan fingerprint density at radius 2 is 1.96 bits per heavy atom. The van der Waals surface area contributed by atoms with Crippen molar-refractivity contribution < 1.29 is 13.9 Å². The highest BCUT2D eigenvalue weighted by atomic mass is 19.1. The largest absolute Gasteiger partial charge is 0.439 e. The van der Waals surface area contributed by atoms with Gasteiger partial charge < -0.3 is 10.1 Å². The van der Waals surface area contributed by atoms with Crippen LogP contribution in [0.15, 0.2) is 60.8 Å². The molecule has 0 fully saturated rings. The van der Waals surface area contributed by atoms with E-state index in [0.717, 1.165) is 6.42 Å². The number of aromatic nitrogens is 2. The fourth-order valence-electron chi connectivity index (χ4n) is 2.37. The Balaban J connectivity index is 1.77. The van der Waals surface area contributed by atoms with Crippen molar-refractivity contribution in [1.82, 2.24) is 15.3 Å². The second-order valence-electron chi connectivity index (χ2n) is 6.14. The zero-order valence-corrected chi connectivity index (χ0v) is 15.1. The van der Waals surface area contributed by atoms with Gasteiger partial charge in [0.1, 0.15) is 11.6 Å². The number of hydrogen-bond donors (Lipinski definition) is 1. The second-order valence-corrected chi connectivity index (χ2v) is 6.14. The van der Waals surface area contributed by atoms with Crippen molar-refractivity contribution in [3.63, 3.8) is 0 Å². The molecule has 6 heteroatoms. The van der Waals surface area contributed by atoms with Gasteiger partial charge in [-0.2, -0.15) is 4.98 Å². The Bertz CT molecular complexity index is 929. The van der Waals surface area contributed by atoms with Crippen LogP contribution in [-0.4, -0.2) is 21.9 Å². The molecule has 27 heavy (non-hydrogen) atoms. The molecule has 0 saturated heterocycles. The van der Waals surface area contributed by atoms with Gasteiger partial charge in [-0.3, -0.25) is 4.79 Å². The van der Waals surface area contributed by atoms with Crippen LogP contribution in [0.4, 0.5) is 4.39 Å². The van der Waals surface area contributed by atoms with Gasteiger partial charge in [-0.15, -0.1) is 0 Å². The smallest absolute Gasteiger partial charge is 0.251 e. The van der Waals surface area contributed by atoms with Crippen molar-refractivity contribution in [3.05, 3.63) is 72.2 Å². The van der Waals surface area contributed by atoms with Gasteiger partial charge in [-0.25, -0.2) is 9.37 Å². The van der Waals surface area contributed by atoms with E-state index in [1.165, 1.54) is 12.1 Å². The highest BCUT2D eigenvalue weighted by Crippen LogP contribution is 2.23. The highest BCUT2D eigenvalue weighted by Gasteiger charge is 2.10. The van der Waals surface area contributed by atoms with Crippen LogP contribution in [0.2, 0.25) is 0 Å². The second kappa shape index (κ2) is 8.40. The quantitative estimate of drug-likeness (QED) is 0.693.